The van der Waals surface area contributed by atoms with E-state index in [2.05, 4.69) is 42.3 Å². The molecule has 0 bridgehead atoms. The van der Waals surface area contributed by atoms with E-state index in [0.717, 1.165) is 48.1 Å². The Morgan fingerprint density at radius 2 is 0.900 bits per heavy atom. The van der Waals surface area contributed by atoms with Crippen molar-refractivity contribution in [2.24, 2.45) is 0 Å². The number of hydrogen-bond donors (Lipinski definition) is 0. The largest absolute Gasteiger partial charge is 1.00 e. The van der Waals surface area contributed by atoms with E-state index in [4.69, 9.17) is 18.9 Å². The van der Waals surface area contributed by atoms with Gasteiger partial charge >= 0.3 is 0 Å². The molecule has 4 unspecified atom stereocenters. The summed E-state index contributed by atoms with van der Waals surface area (Å²) in [7, 11) is 13.2. The van der Waals surface area contributed by atoms with Gasteiger partial charge in [-0.3, -0.25) is 0 Å². The zero-order valence-corrected chi connectivity index (χ0v) is 24.4. The van der Waals surface area contributed by atoms with Crippen molar-refractivity contribution in [2.75, 3.05) is 68.6 Å². The molecule has 0 N–H and O–H groups in total. The maximum Gasteiger partial charge on any atom is 0.158 e. The van der Waals surface area contributed by atoms with Gasteiger partial charge in [0.15, 0.2) is 12.6 Å². The summed E-state index contributed by atoms with van der Waals surface area (Å²) >= 11 is 0. The first-order valence-corrected chi connectivity index (χ1v) is 11.3. The van der Waals surface area contributed by atoms with Crippen LogP contribution in [0.4, 0.5) is 0 Å². The molecule has 2 heterocycles. The van der Waals surface area contributed by atoms with Crippen LogP contribution in [0.1, 0.15) is 51.4 Å². The minimum atomic E-state index is 0. The number of likely N-dealkylation sites (N-methyl/N-ethyl adjacent to an activating group) is 2. The number of rotatable bonds is 13. The van der Waals surface area contributed by atoms with Crippen LogP contribution in [0.3, 0.4) is 0 Å². The van der Waals surface area contributed by atoms with Gasteiger partial charge < -0.3 is 75.9 Å². The molecule has 2 saturated heterocycles. The van der Waals surface area contributed by atoms with Crippen LogP contribution in [-0.2, 0) is 18.9 Å². The molecule has 0 saturated carbocycles. The van der Waals surface area contributed by atoms with Crippen molar-refractivity contribution in [3.8, 4) is 0 Å². The fourth-order valence-electron chi connectivity index (χ4n) is 4.06. The van der Waals surface area contributed by atoms with Crippen molar-refractivity contribution < 1.29 is 75.9 Å². The van der Waals surface area contributed by atoms with E-state index in [-0.39, 0.29) is 72.7 Å². The molecule has 2 aliphatic heterocycles. The highest BCUT2D eigenvalue weighted by Gasteiger charge is 2.30. The van der Waals surface area contributed by atoms with Crippen molar-refractivity contribution in [3.05, 3.63) is 0 Å². The van der Waals surface area contributed by atoms with E-state index in [9.17, 15) is 0 Å². The van der Waals surface area contributed by atoms with Gasteiger partial charge in [-0.1, -0.05) is 25.7 Å². The van der Waals surface area contributed by atoms with Crippen molar-refractivity contribution >= 4 is 0 Å². The number of quaternary nitrogens is 2. The molecule has 2 aliphatic rings. The molecule has 8 heteroatoms. The predicted octanol–water partition coefficient (Wildman–Crippen LogP) is -2.99. The van der Waals surface area contributed by atoms with Crippen molar-refractivity contribution in [2.45, 2.75) is 76.2 Å². The molecule has 2 rings (SSSR count). The second-order valence-electron chi connectivity index (χ2n) is 10.7. The summed E-state index contributed by atoms with van der Waals surface area (Å²) in [5.41, 5.74) is 0. The first-order chi connectivity index (χ1) is 13.1. The second kappa shape index (κ2) is 15.2. The zero-order valence-electron chi connectivity index (χ0n) is 20.1. The van der Waals surface area contributed by atoms with E-state index in [1.807, 2.05) is 0 Å². The van der Waals surface area contributed by atoms with Crippen LogP contribution in [0.25, 0.3) is 0 Å². The molecule has 0 aliphatic carbocycles. The summed E-state index contributed by atoms with van der Waals surface area (Å²) in [6.45, 7) is 3.53. The lowest BCUT2D eigenvalue weighted by atomic mass is 10.1. The fourth-order valence-corrected chi connectivity index (χ4v) is 4.06. The van der Waals surface area contributed by atoms with Crippen LogP contribution in [0, 0.1) is 0 Å². The minimum Gasteiger partial charge on any atom is -1.00 e. The Balaban J connectivity index is 0.00000420. The molecule has 0 aromatic rings. The summed E-state index contributed by atoms with van der Waals surface area (Å²) in [6, 6.07) is 0. The van der Waals surface area contributed by atoms with Crippen LogP contribution >= 0.6 is 0 Å². The number of hydrogen-bond acceptors (Lipinski definition) is 4. The normalized spacial score (nSPS) is 27.0. The summed E-state index contributed by atoms with van der Waals surface area (Å²) < 4.78 is 25.5. The van der Waals surface area contributed by atoms with Crippen molar-refractivity contribution in [1.29, 1.82) is 0 Å². The zero-order chi connectivity index (χ0) is 20.6. The van der Waals surface area contributed by atoms with E-state index < -0.39 is 0 Å². The van der Waals surface area contributed by atoms with Gasteiger partial charge in [-0.2, -0.15) is 0 Å². The fraction of sp³-hybridized carbons (Fsp3) is 1.00. The molecule has 0 spiro atoms. The molecule has 0 aromatic carbocycles. The van der Waals surface area contributed by atoms with E-state index in [1.165, 1.54) is 38.5 Å². The molecule has 182 valence electrons. The van der Waals surface area contributed by atoms with Gasteiger partial charge in [0.25, 0.3) is 0 Å². The van der Waals surface area contributed by atoms with E-state index in [0.29, 0.717) is 0 Å². The Morgan fingerprint density at radius 1 is 0.567 bits per heavy atom. The lowest BCUT2D eigenvalue weighted by Gasteiger charge is -2.26. The van der Waals surface area contributed by atoms with Crippen molar-refractivity contribution in [1.82, 2.24) is 0 Å². The Kier molecular flexibility index (Phi) is 15.8. The van der Waals surface area contributed by atoms with E-state index in [1.54, 1.807) is 0 Å². The monoisotopic (exact) mass is 656 g/mol. The summed E-state index contributed by atoms with van der Waals surface area (Å²) in [4.78, 5) is 0. The summed E-state index contributed by atoms with van der Waals surface area (Å²) in [5, 5.41) is 0. The number of unbranched alkanes of at least 4 members (excludes halogenated alkanes) is 5. The van der Waals surface area contributed by atoms with E-state index >= 15 is 0 Å². The third-order valence-corrected chi connectivity index (χ3v) is 5.26. The first-order valence-electron chi connectivity index (χ1n) is 11.3. The molecule has 0 amide bonds. The third-order valence-electron chi connectivity index (χ3n) is 5.26. The molecular weight excluding hydrogens is 610 g/mol. The number of halogens is 2. The molecule has 6 nitrogen and oxygen atoms in total. The quantitative estimate of drug-likeness (QED) is 0.121. The SMILES string of the molecule is C[N+](C)(C)CC1COC(CCCCCCCCC2OCC(C[N+](C)(C)C)O2)O1.[I-].[I-]. The minimum absolute atomic E-state index is 0. The highest BCUT2D eigenvalue weighted by atomic mass is 127. The average Bonchev–Trinajstić information content (AvgIpc) is 3.16. The second-order valence-corrected chi connectivity index (χ2v) is 10.7. The van der Waals surface area contributed by atoms with Gasteiger partial charge in [0.05, 0.1) is 55.5 Å². The lowest BCUT2D eigenvalue weighted by Crippen LogP contribution is -3.00. The van der Waals surface area contributed by atoms with Crippen LogP contribution in [0.2, 0.25) is 0 Å². The summed E-state index contributed by atoms with van der Waals surface area (Å²) in [5.74, 6) is 0. The third kappa shape index (κ3) is 14.4. The highest BCUT2D eigenvalue weighted by molar-refractivity contribution is 4.66. The maximum atomic E-state index is 6.01. The van der Waals surface area contributed by atoms with Crippen LogP contribution < -0.4 is 48.0 Å². The molecular formula is C22H46I2N2O4. The molecule has 2 fully saturated rings. The number of nitrogens with zero attached hydrogens (tertiary/aromatic N) is 2. The van der Waals surface area contributed by atoms with Gasteiger partial charge in [0.1, 0.15) is 25.3 Å². The van der Waals surface area contributed by atoms with Gasteiger partial charge in [0.2, 0.25) is 0 Å². The van der Waals surface area contributed by atoms with Crippen molar-refractivity contribution in [3.63, 3.8) is 0 Å². The molecule has 0 aromatic heterocycles. The maximum absolute atomic E-state index is 6.01. The lowest BCUT2D eigenvalue weighted by molar-refractivity contribution is -0.873. The van der Waals surface area contributed by atoms with Crippen LogP contribution in [-0.4, -0.2) is 102 Å². The molecule has 30 heavy (non-hydrogen) atoms. The smallest absolute Gasteiger partial charge is 0.158 e. The number of ether oxygens (including phenoxy) is 4. The Bertz CT molecular complexity index is 404. The Labute approximate surface area is 219 Å². The molecule has 0 radical (unpaired) electrons. The average molecular weight is 656 g/mol. The topological polar surface area (TPSA) is 36.9 Å². The molecule has 4 atom stereocenters. The van der Waals surface area contributed by atoms with Gasteiger partial charge in [-0.15, -0.1) is 0 Å². The van der Waals surface area contributed by atoms with Crippen LogP contribution in [0.5, 0.6) is 0 Å². The summed E-state index contributed by atoms with van der Waals surface area (Å²) in [6.07, 6.45) is 10.1. The van der Waals surface area contributed by atoms with Gasteiger partial charge in [-0.05, 0) is 25.7 Å². The van der Waals surface area contributed by atoms with Gasteiger partial charge in [-0.25, -0.2) is 0 Å². The standard InChI is InChI=1S/C22H46N2O4.2HI/c1-23(2,3)15-19-17-25-21(27-19)13-11-9-7-8-10-12-14-22-26-18-20(28-22)16-24(4,5)6;;/h19-22H,7-18H2,1-6H3;2*1H/q+2;;/p-2. The first kappa shape index (κ1) is 31.2. The predicted molar refractivity (Wildman–Crippen MR) is 112 cm³/mol. The highest BCUT2D eigenvalue weighted by Crippen LogP contribution is 2.21. The Morgan fingerprint density at radius 3 is 1.23 bits per heavy atom. The Hall–Kier alpha value is 1.22. The van der Waals surface area contributed by atoms with Gasteiger partial charge in [0, 0.05) is 0 Å². The van der Waals surface area contributed by atoms with Crippen LogP contribution in [0.15, 0.2) is 0 Å².